The summed E-state index contributed by atoms with van der Waals surface area (Å²) in [5.41, 5.74) is 0.582. The summed E-state index contributed by atoms with van der Waals surface area (Å²) in [5.74, 6) is -0.255. The number of hydrogen-bond acceptors (Lipinski definition) is 7. The summed E-state index contributed by atoms with van der Waals surface area (Å²) >= 11 is 0. The van der Waals surface area contributed by atoms with Crippen molar-refractivity contribution in [2.24, 2.45) is 0 Å². The molecule has 0 fully saturated rings. The lowest BCUT2D eigenvalue weighted by Crippen LogP contribution is -2.46. The summed E-state index contributed by atoms with van der Waals surface area (Å²) in [6.45, 7) is 8.06. The third kappa shape index (κ3) is 5.65. The molecule has 10 nitrogen and oxygen atoms in total. The Bertz CT molecular complexity index is 867. The van der Waals surface area contributed by atoms with Gasteiger partial charge in [-0.1, -0.05) is 20.8 Å². The van der Waals surface area contributed by atoms with Gasteiger partial charge in [-0.05, 0) is 26.2 Å². The minimum Gasteiger partial charge on any atom is -0.493 e. The minimum atomic E-state index is -0.978. The summed E-state index contributed by atoms with van der Waals surface area (Å²) in [6.07, 6.45) is 1.73. The van der Waals surface area contributed by atoms with Gasteiger partial charge in [0, 0.05) is 23.4 Å². The van der Waals surface area contributed by atoms with Crippen molar-refractivity contribution in [3.8, 4) is 11.5 Å². The predicted molar refractivity (Wildman–Crippen MR) is 113 cm³/mol. The summed E-state index contributed by atoms with van der Waals surface area (Å²) in [7, 11) is 0. The molecule has 2 rings (SSSR count). The van der Waals surface area contributed by atoms with Crippen molar-refractivity contribution in [3.05, 3.63) is 39.1 Å². The molecule has 1 heterocycles. The van der Waals surface area contributed by atoms with Crippen LogP contribution in [-0.2, 0) is 9.53 Å². The van der Waals surface area contributed by atoms with Crippen LogP contribution in [0.2, 0.25) is 0 Å². The van der Waals surface area contributed by atoms with Gasteiger partial charge in [0.25, 0.3) is 0 Å². The quantitative estimate of drug-likeness (QED) is 0.308. The molecule has 1 atom stereocenters. The van der Waals surface area contributed by atoms with Crippen LogP contribution in [0.3, 0.4) is 0 Å². The number of rotatable bonds is 11. The van der Waals surface area contributed by atoms with E-state index in [2.05, 4.69) is 10.6 Å². The highest BCUT2D eigenvalue weighted by molar-refractivity contribution is 5.95. The molecule has 170 valence electrons. The SMILES string of the molecule is CCCOc1cc(OCCC)c([N+](=O)[O-])cc1C1NC(=O)NC(CC)=C1C(=O)OCC. The largest absolute Gasteiger partial charge is 0.493 e. The molecule has 2 amide bonds. The number of benzene rings is 1. The van der Waals surface area contributed by atoms with Crippen LogP contribution in [0.4, 0.5) is 10.5 Å². The van der Waals surface area contributed by atoms with Crippen molar-refractivity contribution in [3.63, 3.8) is 0 Å². The molecule has 10 heteroatoms. The summed E-state index contributed by atoms with van der Waals surface area (Å²) in [4.78, 5) is 36.2. The summed E-state index contributed by atoms with van der Waals surface area (Å²) in [6, 6.07) is 1.24. The Morgan fingerprint density at radius 3 is 2.29 bits per heavy atom. The summed E-state index contributed by atoms with van der Waals surface area (Å²) in [5, 5.41) is 17.0. The molecule has 0 saturated heterocycles. The Balaban J connectivity index is 2.70. The molecule has 0 saturated carbocycles. The van der Waals surface area contributed by atoms with Gasteiger partial charge in [-0.3, -0.25) is 10.1 Å². The minimum absolute atomic E-state index is 0.0688. The number of carbonyl (C=O) groups is 2. The molecule has 1 unspecified atom stereocenters. The molecular formula is C21H29N3O7. The van der Waals surface area contributed by atoms with Gasteiger partial charge in [-0.25, -0.2) is 9.59 Å². The van der Waals surface area contributed by atoms with E-state index in [1.54, 1.807) is 13.8 Å². The molecule has 0 aliphatic carbocycles. The zero-order valence-electron chi connectivity index (χ0n) is 18.3. The molecule has 1 aliphatic rings. The second-order valence-electron chi connectivity index (χ2n) is 6.81. The number of nitrogens with one attached hydrogen (secondary N) is 2. The first-order chi connectivity index (χ1) is 14.9. The van der Waals surface area contributed by atoms with Crippen LogP contribution in [0.5, 0.6) is 11.5 Å². The second-order valence-corrected chi connectivity index (χ2v) is 6.81. The highest BCUT2D eigenvalue weighted by Crippen LogP contribution is 2.41. The van der Waals surface area contributed by atoms with E-state index < -0.39 is 23.0 Å². The van der Waals surface area contributed by atoms with Crippen LogP contribution < -0.4 is 20.1 Å². The van der Waals surface area contributed by atoms with Gasteiger partial charge in [-0.2, -0.15) is 0 Å². The number of nitro groups is 1. The van der Waals surface area contributed by atoms with E-state index in [9.17, 15) is 19.7 Å². The maximum absolute atomic E-state index is 12.7. The lowest BCUT2D eigenvalue weighted by atomic mass is 9.93. The Morgan fingerprint density at radius 1 is 1.10 bits per heavy atom. The van der Waals surface area contributed by atoms with Crippen molar-refractivity contribution in [1.29, 1.82) is 0 Å². The van der Waals surface area contributed by atoms with Gasteiger partial charge in [-0.15, -0.1) is 0 Å². The Kier molecular flexibility index (Phi) is 8.65. The number of nitrogens with zero attached hydrogens (tertiary/aromatic N) is 1. The summed E-state index contributed by atoms with van der Waals surface area (Å²) < 4.78 is 16.6. The monoisotopic (exact) mass is 435 g/mol. The lowest BCUT2D eigenvalue weighted by molar-refractivity contribution is -0.386. The fourth-order valence-electron chi connectivity index (χ4n) is 3.18. The van der Waals surface area contributed by atoms with E-state index in [1.165, 1.54) is 12.1 Å². The molecule has 31 heavy (non-hydrogen) atoms. The van der Waals surface area contributed by atoms with Crippen LogP contribution in [0.15, 0.2) is 23.4 Å². The van der Waals surface area contributed by atoms with Crippen molar-refractivity contribution < 1.29 is 28.7 Å². The average molecular weight is 435 g/mol. The van der Waals surface area contributed by atoms with E-state index in [1.807, 2.05) is 13.8 Å². The highest BCUT2D eigenvalue weighted by atomic mass is 16.6. The zero-order valence-corrected chi connectivity index (χ0v) is 18.3. The third-order valence-electron chi connectivity index (χ3n) is 4.53. The molecule has 0 bridgehead atoms. The van der Waals surface area contributed by atoms with Crippen molar-refractivity contribution in [2.45, 2.75) is 53.0 Å². The maximum atomic E-state index is 12.7. The van der Waals surface area contributed by atoms with Crippen LogP contribution in [0, 0.1) is 10.1 Å². The van der Waals surface area contributed by atoms with E-state index in [4.69, 9.17) is 14.2 Å². The number of allylic oxidation sites excluding steroid dienone is 1. The fraction of sp³-hybridized carbons (Fsp3) is 0.524. The first-order valence-electron chi connectivity index (χ1n) is 10.4. The van der Waals surface area contributed by atoms with Crippen molar-refractivity contribution in [2.75, 3.05) is 19.8 Å². The maximum Gasteiger partial charge on any atom is 0.338 e. The number of carbonyl (C=O) groups excluding carboxylic acids is 2. The van der Waals surface area contributed by atoms with E-state index in [0.717, 1.165) is 0 Å². The third-order valence-corrected chi connectivity index (χ3v) is 4.53. The molecule has 1 aliphatic heterocycles. The van der Waals surface area contributed by atoms with Crippen LogP contribution >= 0.6 is 0 Å². The van der Waals surface area contributed by atoms with Gasteiger partial charge >= 0.3 is 17.7 Å². The van der Waals surface area contributed by atoms with Crippen molar-refractivity contribution in [1.82, 2.24) is 10.6 Å². The fourth-order valence-corrected chi connectivity index (χ4v) is 3.18. The van der Waals surface area contributed by atoms with Gasteiger partial charge < -0.3 is 24.8 Å². The van der Waals surface area contributed by atoms with Crippen molar-refractivity contribution >= 4 is 17.7 Å². The molecule has 0 radical (unpaired) electrons. The standard InChI is InChI=1S/C21H29N3O7/c1-5-9-30-16-12-17(31-10-6-2)15(24(27)28)11-13(16)19-18(20(25)29-8-4)14(7-3)22-21(26)23-19/h11-12,19H,5-10H2,1-4H3,(H2,22,23,26). The first-order valence-corrected chi connectivity index (χ1v) is 10.4. The highest BCUT2D eigenvalue weighted by Gasteiger charge is 2.36. The lowest BCUT2D eigenvalue weighted by Gasteiger charge is -2.30. The van der Waals surface area contributed by atoms with Gasteiger partial charge in [0.15, 0.2) is 0 Å². The van der Waals surface area contributed by atoms with Gasteiger partial charge in [0.05, 0.1) is 36.4 Å². The Labute approximate surface area is 181 Å². The Hall–Kier alpha value is -3.30. The molecule has 1 aromatic carbocycles. The molecule has 2 N–H and O–H groups in total. The molecule has 1 aromatic rings. The molecule has 0 spiro atoms. The van der Waals surface area contributed by atoms with Crippen LogP contribution in [-0.4, -0.2) is 36.7 Å². The zero-order chi connectivity index (χ0) is 23.0. The number of amides is 2. The van der Waals surface area contributed by atoms with E-state index in [-0.39, 0.29) is 29.2 Å². The first kappa shape index (κ1) is 24.0. The number of nitro benzene ring substituents is 1. The van der Waals surface area contributed by atoms with E-state index >= 15 is 0 Å². The van der Waals surface area contributed by atoms with Gasteiger partial charge in [0.2, 0.25) is 5.75 Å². The number of urea groups is 1. The topological polar surface area (TPSA) is 129 Å². The van der Waals surface area contributed by atoms with Gasteiger partial charge in [0.1, 0.15) is 5.75 Å². The average Bonchev–Trinajstić information content (AvgIpc) is 2.75. The molecular weight excluding hydrogens is 406 g/mol. The second kappa shape index (κ2) is 11.2. The number of esters is 1. The van der Waals surface area contributed by atoms with Crippen LogP contribution in [0.1, 0.15) is 58.6 Å². The molecule has 0 aromatic heterocycles. The van der Waals surface area contributed by atoms with E-state index in [0.29, 0.717) is 43.9 Å². The smallest absolute Gasteiger partial charge is 0.338 e. The normalized spacial score (nSPS) is 15.7. The number of ether oxygens (including phenoxy) is 3. The predicted octanol–water partition coefficient (Wildman–Crippen LogP) is 3.75. The van der Waals surface area contributed by atoms with Crippen LogP contribution in [0.25, 0.3) is 0 Å². The number of hydrogen-bond donors (Lipinski definition) is 2. The Morgan fingerprint density at radius 2 is 1.74 bits per heavy atom.